The maximum absolute atomic E-state index is 12.7. The number of aryl methyl sites for hydroxylation is 1. The summed E-state index contributed by atoms with van der Waals surface area (Å²) >= 11 is 0. The van der Waals surface area contributed by atoms with Crippen molar-refractivity contribution in [1.82, 2.24) is 10.3 Å². The van der Waals surface area contributed by atoms with Crippen LogP contribution in [0.2, 0.25) is 0 Å². The average molecular weight is 336 g/mol. The molecule has 0 radical (unpaired) electrons. The molecule has 0 aliphatic carbocycles. The molecule has 124 valence electrons. The molecule has 1 aromatic rings. The molecule has 0 aromatic carbocycles. The average Bonchev–Trinajstić information content (AvgIpc) is 2.82. The van der Waals surface area contributed by atoms with Crippen LogP contribution in [-0.4, -0.2) is 31.2 Å². The lowest BCUT2D eigenvalue weighted by atomic mass is 9.78. The Kier molecular flexibility index (Phi) is 4.92. The molecular weight excluding hydrogens is 315 g/mol. The second-order valence-electron chi connectivity index (χ2n) is 6.28. The van der Waals surface area contributed by atoms with Crippen molar-refractivity contribution in [3.63, 3.8) is 0 Å². The quantitative estimate of drug-likeness (QED) is 0.852. The number of hydrogen-bond acceptors (Lipinski definition) is 3. The van der Waals surface area contributed by atoms with Crippen molar-refractivity contribution in [2.24, 2.45) is 5.41 Å². The number of rotatable bonds is 1. The van der Waals surface area contributed by atoms with Crippen molar-refractivity contribution in [1.29, 1.82) is 0 Å². The molecule has 2 aliphatic rings. The van der Waals surface area contributed by atoms with E-state index < -0.39 is 11.9 Å². The molecule has 0 atom stereocenters. The summed E-state index contributed by atoms with van der Waals surface area (Å²) in [5, 5.41) is 3.37. The topological polar surface area (TPSA) is 28.2 Å². The second-order valence-corrected chi connectivity index (χ2v) is 6.28. The number of hydrogen-bond donors (Lipinski definition) is 1. The third-order valence-corrected chi connectivity index (χ3v) is 4.82. The highest BCUT2D eigenvalue weighted by Gasteiger charge is 2.40. The van der Waals surface area contributed by atoms with Crippen LogP contribution in [0.15, 0.2) is 12.3 Å². The lowest BCUT2D eigenvalue weighted by molar-refractivity contribution is -0.141. The molecule has 2 fully saturated rings. The monoisotopic (exact) mass is 335 g/mol. The van der Waals surface area contributed by atoms with E-state index in [1.165, 1.54) is 6.20 Å². The third-order valence-electron chi connectivity index (χ3n) is 4.82. The Balaban J connectivity index is 0.00000176. The maximum atomic E-state index is 12.7. The number of nitrogens with one attached hydrogen (secondary N) is 1. The van der Waals surface area contributed by atoms with Gasteiger partial charge in [-0.3, -0.25) is 0 Å². The van der Waals surface area contributed by atoms with Gasteiger partial charge in [0.2, 0.25) is 0 Å². The zero-order chi connectivity index (χ0) is 15.1. The van der Waals surface area contributed by atoms with E-state index in [0.717, 1.165) is 57.2 Å². The molecule has 2 saturated heterocycles. The third kappa shape index (κ3) is 3.33. The first-order valence-corrected chi connectivity index (χ1v) is 7.39. The van der Waals surface area contributed by atoms with E-state index in [9.17, 15) is 13.2 Å². The molecule has 3 heterocycles. The van der Waals surface area contributed by atoms with Crippen LogP contribution in [0.1, 0.15) is 30.5 Å². The van der Waals surface area contributed by atoms with Crippen LogP contribution in [0.3, 0.4) is 0 Å². The van der Waals surface area contributed by atoms with E-state index in [4.69, 9.17) is 0 Å². The molecule has 0 unspecified atom stereocenters. The number of pyridine rings is 1. The van der Waals surface area contributed by atoms with Gasteiger partial charge in [-0.15, -0.1) is 12.4 Å². The molecule has 7 heteroatoms. The zero-order valence-corrected chi connectivity index (χ0v) is 13.4. The van der Waals surface area contributed by atoms with Gasteiger partial charge in [-0.2, -0.15) is 13.2 Å². The lowest BCUT2D eigenvalue weighted by Crippen LogP contribution is -2.38. The van der Waals surface area contributed by atoms with Crippen molar-refractivity contribution in [2.45, 2.75) is 32.4 Å². The van der Waals surface area contributed by atoms with Gasteiger partial charge in [-0.05, 0) is 56.3 Å². The first kappa shape index (κ1) is 17.3. The number of piperidine rings is 1. The normalized spacial score (nSPS) is 21.0. The fourth-order valence-electron chi connectivity index (χ4n) is 3.54. The molecular formula is C15H21ClF3N3. The Bertz CT molecular complexity index is 527. The van der Waals surface area contributed by atoms with Crippen LogP contribution >= 0.6 is 12.4 Å². The number of halogens is 4. The molecule has 1 N–H and O–H groups in total. The van der Waals surface area contributed by atoms with Gasteiger partial charge < -0.3 is 10.2 Å². The highest BCUT2D eigenvalue weighted by atomic mass is 35.5. The predicted octanol–water partition coefficient (Wildman–Crippen LogP) is 3.41. The molecule has 0 saturated carbocycles. The Labute approximate surface area is 134 Å². The minimum atomic E-state index is -4.37. The van der Waals surface area contributed by atoms with E-state index >= 15 is 0 Å². The Hall–Kier alpha value is -1.01. The standard InChI is InChI=1S/C15H20F3N3.ClH/c1-11-8-13(15(16,17)18)20-9-12(11)21-7-4-14(10-21)2-5-19-6-3-14;/h8-9,19H,2-7,10H2,1H3;1H. The van der Waals surface area contributed by atoms with Crippen LogP contribution in [0.4, 0.5) is 18.9 Å². The molecule has 1 spiro atoms. The van der Waals surface area contributed by atoms with E-state index in [-0.39, 0.29) is 12.4 Å². The van der Waals surface area contributed by atoms with Crippen LogP contribution in [0.25, 0.3) is 0 Å². The van der Waals surface area contributed by atoms with E-state index in [2.05, 4.69) is 15.2 Å². The first-order chi connectivity index (χ1) is 9.90. The molecule has 0 amide bonds. The SMILES string of the molecule is Cc1cc(C(F)(F)F)ncc1N1CCC2(CCNCC2)C1.Cl. The van der Waals surface area contributed by atoms with Crippen LogP contribution in [0.5, 0.6) is 0 Å². The van der Waals surface area contributed by atoms with Gasteiger partial charge in [0, 0.05) is 13.1 Å². The van der Waals surface area contributed by atoms with Gasteiger partial charge in [-0.25, -0.2) is 4.98 Å². The Morgan fingerprint density at radius 3 is 2.50 bits per heavy atom. The highest BCUT2D eigenvalue weighted by molar-refractivity contribution is 5.85. The van der Waals surface area contributed by atoms with E-state index in [1.807, 2.05) is 0 Å². The van der Waals surface area contributed by atoms with Crippen molar-refractivity contribution >= 4 is 18.1 Å². The van der Waals surface area contributed by atoms with Crippen molar-refractivity contribution < 1.29 is 13.2 Å². The molecule has 0 bridgehead atoms. The van der Waals surface area contributed by atoms with E-state index in [1.54, 1.807) is 6.92 Å². The molecule has 22 heavy (non-hydrogen) atoms. The smallest absolute Gasteiger partial charge is 0.369 e. The Morgan fingerprint density at radius 1 is 1.23 bits per heavy atom. The first-order valence-electron chi connectivity index (χ1n) is 7.39. The van der Waals surface area contributed by atoms with Gasteiger partial charge in [0.25, 0.3) is 0 Å². The zero-order valence-electron chi connectivity index (χ0n) is 12.5. The van der Waals surface area contributed by atoms with Crippen LogP contribution in [-0.2, 0) is 6.18 Å². The summed E-state index contributed by atoms with van der Waals surface area (Å²) in [4.78, 5) is 5.81. The highest BCUT2D eigenvalue weighted by Crippen LogP contribution is 2.41. The summed E-state index contributed by atoms with van der Waals surface area (Å²) in [5.74, 6) is 0. The molecule has 3 nitrogen and oxygen atoms in total. The summed E-state index contributed by atoms with van der Waals surface area (Å²) in [5.41, 5.74) is 1.03. The van der Waals surface area contributed by atoms with Gasteiger partial charge in [0.15, 0.2) is 0 Å². The fourth-order valence-corrected chi connectivity index (χ4v) is 3.54. The maximum Gasteiger partial charge on any atom is 0.433 e. The van der Waals surface area contributed by atoms with Crippen LogP contribution in [0, 0.1) is 12.3 Å². The van der Waals surface area contributed by atoms with E-state index in [0.29, 0.717) is 11.0 Å². The van der Waals surface area contributed by atoms with Crippen molar-refractivity contribution in [3.8, 4) is 0 Å². The fraction of sp³-hybridized carbons (Fsp3) is 0.667. The minimum absolute atomic E-state index is 0. The number of alkyl halides is 3. The van der Waals surface area contributed by atoms with Crippen molar-refractivity contribution in [2.75, 3.05) is 31.1 Å². The summed E-state index contributed by atoms with van der Waals surface area (Å²) in [6.45, 7) is 5.66. The number of anilines is 1. The van der Waals surface area contributed by atoms with Gasteiger partial charge in [-0.1, -0.05) is 0 Å². The van der Waals surface area contributed by atoms with Gasteiger partial charge in [0.05, 0.1) is 11.9 Å². The summed E-state index contributed by atoms with van der Waals surface area (Å²) in [6.07, 6.45) is 0.436. The Morgan fingerprint density at radius 2 is 1.91 bits per heavy atom. The lowest BCUT2D eigenvalue weighted by Gasteiger charge is -2.34. The summed E-state index contributed by atoms with van der Waals surface area (Å²) in [7, 11) is 0. The molecule has 1 aromatic heterocycles. The summed E-state index contributed by atoms with van der Waals surface area (Å²) < 4.78 is 38.0. The number of aromatic nitrogens is 1. The molecule has 3 rings (SSSR count). The number of nitrogens with zero attached hydrogens (tertiary/aromatic N) is 2. The second kappa shape index (κ2) is 6.24. The van der Waals surface area contributed by atoms with Gasteiger partial charge in [0.1, 0.15) is 5.69 Å². The van der Waals surface area contributed by atoms with Crippen LogP contribution < -0.4 is 10.2 Å². The predicted molar refractivity (Wildman–Crippen MR) is 82.6 cm³/mol. The molecule has 2 aliphatic heterocycles. The minimum Gasteiger partial charge on any atom is -0.369 e. The van der Waals surface area contributed by atoms with Gasteiger partial charge >= 0.3 is 6.18 Å². The van der Waals surface area contributed by atoms with Crippen molar-refractivity contribution in [3.05, 3.63) is 23.5 Å². The summed E-state index contributed by atoms with van der Waals surface area (Å²) in [6, 6.07) is 1.16. The largest absolute Gasteiger partial charge is 0.433 e.